The average molecular weight is 304 g/mol. The van der Waals surface area contributed by atoms with Crippen molar-refractivity contribution in [3.05, 3.63) is 40.6 Å². The quantitative estimate of drug-likeness (QED) is 0.744. The fourth-order valence-electron chi connectivity index (χ4n) is 2.19. The first-order chi connectivity index (χ1) is 9.97. The highest BCUT2D eigenvalue weighted by Gasteiger charge is 2.17. The van der Waals surface area contributed by atoms with Crippen LogP contribution in [0.4, 0.5) is 11.4 Å². The molecule has 21 heavy (non-hydrogen) atoms. The number of nitrogens with one attached hydrogen (secondary N) is 1. The maximum Gasteiger partial charge on any atom is 0.144 e. The third-order valence-corrected chi connectivity index (χ3v) is 4.17. The maximum absolute atomic E-state index is 5.97. The number of thiophene rings is 1. The van der Waals surface area contributed by atoms with Crippen LogP contribution in [0, 0.1) is 5.92 Å². The summed E-state index contributed by atoms with van der Waals surface area (Å²) in [6.07, 6.45) is 0.112. The largest absolute Gasteiger partial charge is 0.489 e. The molecule has 1 heterocycles. The van der Waals surface area contributed by atoms with Crippen LogP contribution in [0.25, 0.3) is 0 Å². The second kappa shape index (κ2) is 6.85. The minimum Gasteiger partial charge on any atom is -0.489 e. The van der Waals surface area contributed by atoms with Gasteiger partial charge in [0.05, 0.1) is 17.8 Å². The summed E-state index contributed by atoms with van der Waals surface area (Å²) in [5.74, 6) is 1.24. The van der Waals surface area contributed by atoms with Gasteiger partial charge in [-0.3, -0.25) is 0 Å². The minimum absolute atomic E-state index is 0.112. The molecule has 0 amide bonds. The first-order valence-electron chi connectivity index (χ1n) is 7.33. The van der Waals surface area contributed by atoms with Crippen molar-refractivity contribution < 1.29 is 4.74 Å². The van der Waals surface area contributed by atoms with Crippen molar-refractivity contribution in [2.45, 2.75) is 39.8 Å². The lowest BCUT2D eigenvalue weighted by atomic mass is 10.0. The molecule has 3 N–H and O–H groups in total. The molecule has 2 rings (SSSR count). The van der Waals surface area contributed by atoms with Crippen LogP contribution in [0.3, 0.4) is 0 Å². The van der Waals surface area contributed by atoms with E-state index in [0.717, 1.165) is 11.4 Å². The second-order valence-corrected chi connectivity index (χ2v) is 6.78. The molecule has 1 atom stereocenters. The highest BCUT2D eigenvalue weighted by atomic mass is 32.1. The standard InChI is InChI=1S/C17H24N2OS/c1-11(2)17(16-6-5-9-21-16)19-13-7-8-14(18)15(10-13)20-12(3)4/h5-12,17,19H,18H2,1-4H3. The molecule has 0 aliphatic carbocycles. The predicted molar refractivity (Wildman–Crippen MR) is 92.1 cm³/mol. The van der Waals surface area contributed by atoms with Crippen molar-refractivity contribution in [1.82, 2.24) is 0 Å². The first kappa shape index (κ1) is 15.7. The van der Waals surface area contributed by atoms with Gasteiger partial charge < -0.3 is 15.8 Å². The third kappa shape index (κ3) is 4.14. The number of ether oxygens (including phenoxy) is 1. The molecular weight excluding hydrogens is 280 g/mol. The predicted octanol–water partition coefficient (Wildman–Crippen LogP) is 4.93. The number of nitrogen functional groups attached to an aromatic ring is 1. The van der Waals surface area contributed by atoms with Gasteiger partial charge in [0.15, 0.2) is 0 Å². The Morgan fingerprint density at radius 1 is 1.14 bits per heavy atom. The third-order valence-electron chi connectivity index (χ3n) is 3.21. The summed E-state index contributed by atoms with van der Waals surface area (Å²) in [5, 5.41) is 5.71. The second-order valence-electron chi connectivity index (χ2n) is 5.80. The lowest BCUT2D eigenvalue weighted by molar-refractivity contribution is 0.244. The molecular formula is C17H24N2OS. The number of nitrogens with two attached hydrogens (primary N) is 1. The molecule has 4 heteroatoms. The van der Waals surface area contributed by atoms with Crippen LogP contribution in [0.5, 0.6) is 5.75 Å². The Labute approximate surface area is 131 Å². The minimum atomic E-state index is 0.112. The Morgan fingerprint density at radius 3 is 2.48 bits per heavy atom. The number of anilines is 2. The van der Waals surface area contributed by atoms with Crippen LogP contribution in [0.1, 0.15) is 38.6 Å². The molecule has 0 aliphatic heterocycles. The number of benzene rings is 1. The summed E-state index contributed by atoms with van der Waals surface area (Å²) in [7, 11) is 0. The van der Waals surface area contributed by atoms with Gasteiger partial charge in [0.1, 0.15) is 5.75 Å². The summed E-state index contributed by atoms with van der Waals surface area (Å²) in [5.41, 5.74) is 7.68. The van der Waals surface area contributed by atoms with Crippen LogP contribution < -0.4 is 15.8 Å². The van der Waals surface area contributed by atoms with E-state index in [0.29, 0.717) is 17.6 Å². The zero-order chi connectivity index (χ0) is 15.4. The van der Waals surface area contributed by atoms with E-state index in [2.05, 4.69) is 36.7 Å². The Hall–Kier alpha value is -1.68. The van der Waals surface area contributed by atoms with Gasteiger partial charge in [-0.15, -0.1) is 11.3 Å². The summed E-state index contributed by atoms with van der Waals surface area (Å²) < 4.78 is 5.76. The number of rotatable bonds is 6. The van der Waals surface area contributed by atoms with Crippen molar-refractivity contribution >= 4 is 22.7 Å². The van der Waals surface area contributed by atoms with E-state index in [1.165, 1.54) is 4.88 Å². The van der Waals surface area contributed by atoms with Gasteiger partial charge in [0.2, 0.25) is 0 Å². The van der Waals surface area contributed by atoms with Crippen molar-refractivity contribution in [3.63, 3.8) is 0 Å². The van der Waals surface area contributed by atoms with E-state index in [1.54, 1.807) is 11.3 Å². The first-order valence-corrected chi connectivity index (χ1v) is 8.21. The van der Waals surface area contributed by atoms with Gasteiger partial charge in [-0.25, -0.2) is 0 Å². The SMILES string of the molecule is CC(C)Oc1cc(NC(c2cccs2)C(C)C)ccc1N. The number of hydrogen-bond donors (Lipinski definition) is 2. The van der Waals surface area contributed by atoms with Crippen LogP contribution in [-0.4, -0.2) is 6.10 Å². The molecule has 0 fully saturated rings. The fourth-order valence-corrected chi connectivity index (χ4v) is 3.14. The molecule has 0 saturated heterocycles. The molecule has 3 nitrogen and oxygen atoms in total. The molecule has 0 spiro atoms. The molecule has 2 aromatic rings. The fraction of sp³-hybridized carbons (Fsp3) is 0.412. The monoisotopic (exact) mass is 304 g/mol. The van der Waals surface area contributed by atoms with Crippen molar-refractivity contribution in [2.24, 2.45) is 5.92 Å². The Balaban J connectivity index is 2.21. The van der Waals surface area contributed by atoms with Gasteiger partial charge >= 0.3 is 0 Å². The van der Waals surface area contributed by atoms with E-state index in [9.17, 15) is 0 Å². The van der Waals surface area contributed by atoms with Crippen LogP contribution in [0.2, 0.25) is 0 Å². The Bertz CT molecular complexity index is 564. The van der Waals surface area contributed by atoms with Gasteiger partial charge in [-0.05, 0) is 43.3 Å². The van der Waals surface area contributed by atoms with Crippen molar-refractivity contribution in [3.8, 4) is 5.75 Å². The Kier molecular flexibility index (Phi) is 5.12. The van der Waals surface area contributed by atoms with Crippen LogP contribution in [-0.2, 0) is 0 Å². The van der Waals surface area contributed by atoms with E-state index in [1.807, 2.05) is 32.0 Å². The average Bonchev–Trinajstić information content (AvgIpc) is 2.92. The zero-order valence-corrected chi connectivity index (χ0v) is 13.9. The molecule has 1 aromatic heterocycles. The highest BCUT2D eigenvalue weighted by Crippen LogP contribution is 2.32. The van der Waals surface area contributed by atoms with E-state index in [4.69, 9.17) is 10.5 Å². The molecule has 0 radical (unpaired) electrons. The molecule has 0 bridgehead atoms. The lowest BCUT2D eigenvalue weighted by Gasteiger charge is -2.23. The summed E-state index contributed by atoms with van der Waals surface area (Å²) >= 11 is 1.78. The lowest BCUT2D eigenvalue weighted by Crippen LogP contribution is -2.16. The van der Waals surface area contributed by atoms with Gasteiger partial charge in [0, 0.05) is 16.6 Å². The summed E-state index contributed by atoms with van der Waals surface area (Å²) in [6, 6.07) is 10.4. The van der Waals surface area contributed by atoms with E-state index in [-0.39, 0.29) is 6.10 Å². The van der Waals surface area contributed by atoms with Crippen LogP contribution in [0.15, 0.2) is 35.7 Å². The number of hydrogen-bond acceptors (Lipinski definition) is 4. The molecule has 1 aromatic carbocycles. The smallest absolute Gasteiger partial charge is 0.144 e. The highest BCUT2D eigenvalue weighted by molar-refractivity contribution is 7.10. The topological polar surface area (TPSA) is 47.3 Å². The zero-order valence-electron chi connectivity index (χ0n) is 13.1. The van der Waals surface area contributed by atoms with Crippen molar-refractivity contribution in [2.75, 3.05) is 11.1 Å². The van der Waals surface area contributed by atoms with Crippen LogP contribution >= 0.6 is 11.3 Å². The molecule has 114 valence electrons. The summed E-state index contributed by atoms with van der Waals surface area (Å²) in [4.78, 5) is 1.34. The van der Waals surface area contributed by atoms with Crippen molar-refractivity contribution in [1.29, 1.82) is 0 Å². The molecule has 0 saturated carbocycles. The van der Waals surface area contributed by atoms with Gasteiger partial charge in [0.25, 0.3) is 0 Å². The van der Waals surface area contributed by atoms with E-state index >= 15 is 0 Å². The normalized spacial score (nSPS) is 12.7. The molecule has 0 aliphatic rings. The maximum atomic E-state index is 5.97. The Morgan fingerprint density at radius 2 is 1.90 bits per heavy atom. The van der Waals surface area contributed by atoms with Gasteiger partial charge in [-0.1, -0.05) is 19.9 Å². The summed E-state index contributed by atoms with van der Waals surface area (Å²) in [6.45, 7) is 8.45. The van der Waals surface area contributed by atoms with Gasteiger partial charge in [-0.2, -0.15) is 0 Å². The van der Waals surface area contributed by atoms with E-state index < -0.39 is 0 Å². The molecule has 1 unspecified atom stereocenters.